The van der Waals surface area contributed by atoms with Gasteiger partial charge in [-0.05, 0) is 57.9 Å². The Hall–Kier alpha value is -1.23. The van der Waals surface area contributed by atoms with Crippen molar-refractivity contribution in [2.45, 2.75) is 40.2 Å². The normalized spacial score (nSPS) is 11.1. The number of hydrogen-bond donors (Lipinski definition) is 2. The minimum Gasteiger partial charge on any atom is -0.444 e. The van der Waals surface area contributed by atoms with E-state index in [0.717, 1.165) is 10.2 Å². The van der Waals surface area contributed by atoms with Crippen molar-refractivity contribution in [3.05, 3.63) is 27.7 Å². The van der Waals surface area contributed by atoms with Crippen molar-refractivity contribution in [3.8, 4) is 0 Å². The molecule has 0 heterocycles. The van der Waals surface area contributed by atoms with Gasteiger partial charge in [-0.2, -0.15) is 0 Å². The topological polar surface area (TPSA) is 50.4 Å². The van der Waals surface area contributed by atoms with Crippen LogP contribution in [0.1, 0.15) is 31.9 Å². The van der Waals surface area contributed by atoms with E-state index in [4.69, 9.17) is 4.74 Å². The van der Waals surface area contributed by atoms with Gasteiger partial charge < -0.3 is 15.4 Å². The van der Waals surface area contributed by atoms with Gasteiger partial charge in [-0.15, -0.1) is 0 Å². The summed E-state index contributed by atoms with van der Waals surface area (Å²) in [7, 11) is 0. The minimum atomic E-state index is -0.461. The zero-order chi connectivity index (χ0) is 15.3. The standard InChI is InChI=1S/C15H23BrN2O2/c1-10-8-12(9-11(2)13(10)16)17-6-7-18-14(19)20-15(3,4)5/h8-9,17H,6-7H2,1-5H3,(H,18,19). The van der Waals surface area contributed by atoms with Crippen LogP contribution in [0.4, 0.5) is 10.5 Å². The van der Waals surface area contributed by atoms with Gasteiger partial charge in [0.15, 0.2) is 0 Å². The number of carbonyl (C=O) groups excluding carboxylic acids is 1. The number of rotatable bonds is 4. The lowest BCUT2D eigenvalue weighted by Gasteiger charge is -2.19. The predicted octanol–water partition coefficient (Wildman–Crippen LogP) is 4.00. The molecule has 0 saturated carbocycles. The second-order valence-corrected chi connectivity index (χ2v) is 6.57. The number of alkyl carbamates (subject to hydrolysis) is 1. The molecule has 0 bridgehead atoms. The summed E-state index contributed by atoms with van der Waals surface area (Å²) in [4.78, 5) is 11.5. The van der Waals surface area contributed by atoms with Crippen LogP contribution in [0, 0.1) is 13.8 Å². The molecule has 20 heavy (non-hydrogen) atoms. The molecule has 1 rings (SSSR count). The molecule has 2 N–H and O–H groups in total. The molecule has 0 spiro atoms. The highest BCUT2D eigenvalue weighted by atomic mass is 79.9. The van der Waals surface area contributed by atoms with E-state index < -0.39 is 5.60 Å². The fourth-order valence-electron chi connectivity index (χ4n) is 1.73. The van der Waals surface area contributed by atoms with Gasteiger partial charge >= 0.3 is 6.09 Å². The molecule has 0 saturated heterocycles. The molecule has 1 aromatic carbocycles. The number of ether oxygens (including phenoxy) is 1. The lowest BCUT2D eigenvalue weighted by atomic mass is 10.1. The molecule has 112 valence electrons. The van der Waals surface area contributed by atoms with E-state index in [-0.39, 0.29) is 6.09 Å². The van der Waals surface area contributed by atoms with Crippen molar-refractivity contribution in [2.24, 2.45) is 0 Å². The van der Waals surface area contributed by atoms with E-state index in [0.29, 0.717) is 13.1 Å². The maximum atomic E-state index is 11.5. The molecule has 4 nitrogen and oxygen atoms in total. The molecule has 0 radical (unpaired) electrons. The fourth-order valence-corrected chi connectivity index (χ4v) is 1.96. The van der Waals surface area contributed by atoms with Crippen molar-refractivity contribution in [1.29, 1.82) is 0 Å². The lowest BCUT2D eigenvalue weighted by Crippen LogP contribution is -2.35. The highest BCUT2D eigenvalue weighted by Crippen LogP contribution is 2.24. The Morgan fingerprint density at radius 1 is 1.20 bits per heavy atom. The zero-order valence-corrected chi connectivity index (χ0v) is 14.3. The van der Waals surface area contributed by atoms with Crippen molar-refractivity contribution in [2.75, 3.05) is 18.4 Å². The van der Waals surface area contributed by atoms with Crippen molar-refractivity contribution in [1.82, 2.24) is 5.32 Å². The fraction of sp³-hybridized carbons (Fsp3) is 0.533. The SMILES string of the molecule is Cc1cc(NCCNC(=O)OC(C)(C)C)cc(C)c1Br. The van der Waals surface area contributed by atoms with Gasteiger partial charge in [0.25, 0.3) is 0 Å². The van der Waals surface area contributed by atoms with Crippen LogP contribution in [-0.4, -0.2) is 24.8 Å². The van der Waals surface area contributed by atoms with Gasteiger partial charge in [-0.1, -0.05) is 15.9 Å². The van der Waals surface area contributed by atoms with Gasteiger partial charge in [-0.25, -0.2) is 4.79 Å². The van der Waals surface area contributed by atoms with Crippen LogP contribution in [0.25, 0.3) is 0 Å². The third kappa shape index (κ3) is 5.82. The van der Waals surface area contributed by atoms with Crippen LogP contribution in [0.2, 0.25) is 0 Å². The second kappa shape index (κ2) is 6.97. The highest BCUT2D eigenvalue weighted by molar-refractivity contribution is 9.10. The van der Waals surface area contributed by atoms with Crippen LogP contribution in [0.3, 0.4) is 0 Å². The number of benzene rings is 1. The average molecular weight is 343 g/mol. The minimum absolute atomic E-state index is 0.387. The van der Waals surface area contributed by atoms with Crippen molar-refractivity contribution < 1.29 is 9.53 Å². The van der Waals surface area contributed by atoms with E-state index in [1.807, 2.05) is 20.8 Å². The molecular formula is C15H23BrN2O2. The van der Waals surface area contributed by atoms with Gasteiger partial charge in [-0.3, -0.25) is 0 Å². The number of anilines is 1. The maximum Gasteiger partial charge on any atom is 0.407 e. The molecule has 0 aliphatic carbocycles. The van der Waals surface area contributed by atoms with Gasteiger partial charge in [0.1, 0.15) is 5.60 Å². The van der Waals surface area contributed by atoms with Crippen LogP contribution in [0.15, 0.2) is 16.6 Å². The molecular weight excluding hydrogens is 320 g/mol. The summed E-state index contributed by atoms with van der Waals surface area (Å²) in [6, 6.07) is 4.15. The van der Waals surface area contributed by atoms with E-state index in [1.165, 1.54) is 11.1 Å². The summed E-state index contributed by atoms with van der Waals surface area (Å²) in [5, 5.41) is 6.00. The van der Waals surface area contributed by atoms with Crippen LogP contribution in [0.5, 0.6) is 0 Å². The molecule has 0 aliphatic heterocycles. The molecule has 1 aromatic rings. The number of nitrogens with one attached hydrogen (secondary N) is 2. The number of hydrogen-bond acceptors (Lipinski definition) is 3. The van der Waals surface area contributed by atoms with Crippen molar-refractivity contribution in [3.63, 3.8) is 0 Å². The number of halogens is 1. The van der Waals surface area contributed by atoms with E-state index >= 15 is 0 Å². The third-order valence-corrected chi connectivity index (χ3v) is 3.81. The first kappa shape index (κ1) is 16.8. The number of carbonyl (C=O) groups is 1. The highest BCUT2D eigenvalue weighted by Gasteiger charge is 2.15. The summed E-state index contributed by atoms with van der Waals surface area (Å²) >= 11 is 3.54. The number of aryl methyl sites for hydroxylation is 2. The van der Waals surface area contributed by atoms with E-state index in [1.54, 1.807) is 0 Å². The molecule has 0 unspecified atom stereocenters. The molecule has 1 amide bonds. The summed E-state index contributed by atoms with van der Waals surface area (Å²) in [5.41, 5.74) is 2.96. The second-order valence-electron chi connectivity index (χ2n) is 5.78. The van der Waals surface area contributed by atoms with Crippen LogP contribution < -0.4 is 10.6 Å². The monoisotopic (exact) mass is 342 g/mol. The summed E-state index contributed by atoms with van der Waals surface area (Å²) in [6.45, 7) is 10.8. The van der Waals surface area contributed by atoms with Gasteiger partial charge in [0, 0.05) is 23.2 Å². The Balaban J connectivity index is 2.37. The Morgan fingerprint density at radius 2 is 1.75 bits per heavy atom. The first-order valence-corrected chi connectivity index (χ1v) is 7.46. The summed E-state index contributed by atoms with van der Waals surface area (Å²) in [5.74, 6) is 0. The largest absolute Gasteiger partial charge is 0.444 e. The van der Waals surface area contributed by atoms with Crippen LogP contribution in [-0.2, 0) is 4.74 Å². The van der Waals surface area contributed by atoms with Gasteiger partial charge in [0.05, 0.1) is 0 Å². The quantitative estimate of drug-likeness (QED) is 0.813. The van der Waals surface area contributed by atoms with Gasteiger partial charge in [0.2, 0.25) is 0 Å². The predicted molar refractivity (Wildman–Crippen MR) is 86.3 cm³/mol. The van der Waals surface area contributed by atoms with E-state index in [2.05, 4.69) is 52.5 Å². The third-order valence-electron chi connectivity index (χ3n) is 2.56. The molecule has 0 aromatic heterocycles. The molecule has 5 heteroatoms. The Bertz CT molecular complexity index is 458. The summed E-state index contributed by atoms with van der Waals surface area (Å²) < 4.78 is 6.29. The molecule has 0 aliphatic rings. The van der Waals surface area contributed by atoms with Crippen molar-refractivity contribution >= 4 is 27.7 Å². The first-order chi connectivity index (χ1) is 9.19. The Morgan fingerprint density at radius 3 is 2.25 bits per heavy atom. The van der Waals surface area contributed by atoms with Crippen LogP contribution >= 0.6 is 15.9 Å². The Kier molecular flexibility index (Phi) is 5.87. The summed E-state index contributed by atoms with van der Waals surface area (Å²) in [6.07, 6.45) is -0.387. The molecule has 0 fully saturated rings. The van der Waals surface area contributed by atoms with E-state index in [9.17, 15) is 4.79 Å². The average Bonchev–Trinajstić information content (AvgIpc) is 2.29. The maximum absolute atomic E-state index is 11.5. The Labute approximate surface area is 129 Å². The lowest BCUT2D eigenvalue weighted by molar-refractivity contribution is 0.0530. The molecule has 0 atom stereocenters. The first-order valence-electron chi connectivity index (χ1n) is 6.66. The zero-order valence-electron chi connectivity index (χ0n) is 12.8. The smallest absolute Gasteiger partial charge is 0.407 e. The number of amides is 1.